The molecule has 8 heteroatoms. The molecule has 1 aliphatic rings. The number of nitrogens with one attached hydrogen (secondary N) is 2. The van der Waals surface area contributed by atoms with E-state index in [9.17, 15) is 14.4 Å². The highest BCUT2D eigenvalue weighted by molar-refractivity contribution is 6.35. The van der Waals surface area contributed by atoms with Crippen LogP contribution in [0.5, 0.6) is 0 Å². The molecule has 0 spiro atoms. The van der Waals surface area contributed by atoms with Gasteiger partial charge in [0, 0.05) is 30.2 Å². The van der Waals surface area contributed by atoms with E-state index in [2.05, 4.69) is 10.6 Å². The number of likely N-dealkylation sites (tertiary alicyclic amines) is 1. The van der Waals surface area contributed by atoms with Crippen LogP contribution in [0.4, 0.5) is 5.69 Å². The van der Waals surface area contributed by atoms with Gasteiger partial charge in [-0.05, 0) is 55.2 Å². The zero-order chi connectivity index (χ0) is 22.4. The lowest BCUT2D eigenvalue weighted by Gasteiger charge is -2.24. The number of nitrogens with zero attached hydrogens (tertiary/aromatic N) is 1. The summed E-state index contributed by atoms with van der Waals surface area (Å²) >= 11 is 12.2. The third-order valence-electron chi connectivity index (χ3n) is 5.13. The quantitative estimate of drug-likeness (QED) is 0.629. The number of carbonyl (C=O) groups excluding carboxylic acids is 3. The number of anilines is 1. The van der Waals surface area contributed by atoms with Crippen molar-refractivity contribution in [3.05, 3.63) is 63.6 Å². The van der Waals surface area contributed by atoms with E-state index in [-0.39, 0.29) is 17.7 Å². The molecule has 6 nitrogen and oxygen atoms in total. The van der Waals surface area contributed by atoms with Gasteiger partial charge in [0.15, 0.2) is 0 Å². The highest BCUT2D eigenvalue weighted by Crippen LogP contribution is 2.26. The fourth-order valence-electron chi connectivity index (χ4n) is 3.62. The molecule has 0 radical (unpaired) electrons. The number of hydrogen-bond acceptors (Lipinski definition) is 3. The average Bonchev–Trinajstić information content (AvgIpc) is 3.24. The van der Waals surface area contributed by atoms with E-state index in [1.54, 1.807) is 17.0 Å². The molecule has 1 unspecified atom stereocenters. The van der Waals surface area contributed by atoms with E-state index in [0.717, 1.165) is 18.4 Å². The SMILES string of the molecule is CCCC(=O)Nc1cccc(CNC(=O)C2CCCN2C(=O)c2cc(Cl)ccc2Cl)c1. The predicted molar refractivity (Wildman–Crippen MR) is 122 cm³/mol. The van der Waals surface area contributed by atoms with Gasteiger partial charge in [-0.3, -0.25) is 14.4 Å². The highest BCUT2D eigenvalue weighted by Gasteiger charge is 2.35. The van der Waals surface area contributed by atoms with Crippen LogP contribution < -0.4 is 10.6 Å². The number of amides is 3. The Morgan fingerprint density at radius 2 is 1.94 bits per heavy atom. The standard InChI is InChI=1S/C23H25Cl2N3O3/c1-2-5-21(29)27-17-7-3-6-15(12-17)14-26-22(30)20-8-4-11-28(20)23(31)18-13-16(24)9-10-19(18)25/h3,6-7,9-10,12-13,20H,2,4-5,8,11,14H2,1H3,(H,26,30)(H,27,29). The molecule has 164 valence electrons. The summed E-state index contributed by atoms with van der Waals surface area (Å²) in [6.07, 6.45) is 2.56. The zero-order valence-electron chi connectivity index (χ0n) is 17.3. The lowest BCUT2D eigenvalue weighted by molar-refractivity contribution is -0.125. The van der Waals surface area contributed by atoms with Gasteiger partial charge in [-0.15, -0.1) is 0 Å². The van der Waals surface area contributed by atoms with Crippen molar-refractivity contribution < 1.29 is 14.4 Å². The summed E-state index contributed by atoms with van der Waals surface area (Å²) in [5.41, 5.74) is 1.85. The molecule has 0 aliphatic carbocycles. The highest BCUT2D eigenvalue weighted by atomic mass is 35.5. The summed E-state index contributed by atoms with van der Waals surface area (Å²) in [6.45, 7) is 2.73. The van der Waals surface area contributed by atoms with Crippen LogP contribution in [0, 0.1) is 0 Å². The molecule has 0 aromatic heterocycles. The van der Waals surface area contributed by atoms with Crippen LogP contribution in [0.3, 0.4) is 0 Å². The van der Waals surface area contributed by atoms with E-state index < -0.39 is 6.04 Å². The smallest absolute Gasteiger partial charge is 0.256 e. The fraction of sp³-hybridized carbons (Fsp3) is 0.348. The Labute approximate surface area is 191 Å². The molecular weight excluding hydrogens is 437 g/mol. The van der Waals surface area contributed by atoms with E-state index in [1.165, 1.54) is 6.07 Å². The molecule has 0 bridgehead atoms. The third kappa shape index (κ3) is 5.99. The molecule has 3 amide bonds. The largest absolute Gasteiger partial charge is 0.350 e. The lowest BCUT2D eigenvalue weighted by atomic mass is 10.1. The first kappa shape index (κ1) is 23.1. The summed E-state index contributed by atoms with van der Waals surface area (Å²) < 4.78 is 0. The number of hydrogen-bond donors (Lipinski definition) is 2. The van der Waals surface area contributed by atoms with Crippen molar-refractivity contribution in [1.82, 2.24) is 10.2 Å². The Morgan fingerprint density at radius 3 is 2.71 bits per heavy atom. The third-order valence-corrected chi connectivity index (χ3v) is 5.69. The molecule has 1 heterocycles. The summed E-state index contributed by atoms with van der Waals surface area (Å²) in [5, 5.41) is 6.48. The molecule has 1 aliphatic heterocycles. The maximum Gasteiger partial charge on any atom is 0.256 e. The minimum Gasteiger partial charge on any atom is -0.350 e. The van der Waals surface area contributed by atoms with Gasteiger partial charge in [-0.2, -0.15) is 0 Å². The molecule has 2 aromatic rings. The van der Waals surface area contributed by atoms with Gasteiger partial charge in [0.1, 0.15) is 6.04 Å². The monoisotopic (exact) mass is 461 g/mol. The van der Waals surface area contributed by atoms with Crippen LogP contribution in [0.1, 0.15) is 48.5 Å². The normalized spacial score (nSPS) is 15.6. The molecular formula is C23H25Cl2N3O3. The molecule has 1 fully saturated rings. The maximum atomic E-state index is 13.0. The minimum atomic E-state index is -0.560. The van der Waals surface area contributed by atoms with Crippen molar-refractivity contribution >= 4 is 46.6 Å². The van der Waals surface area contributed by atoms with Crippen LogP contribution in [0.15, 0.2) is 42.5 Å². The molecule has 2 aromatic carbocycles. The first-order chi connectivity index (χ1) is 14.9. The van der Waals surface area contributed by atoms with Crippen LogP contribution in [0.25, 0.3) is 0 Å². The molecule has 31 heavy (non-hydrogen) atoms. The lowest BCUT2D eigenvalue weighted by Crippen LogP contribution is -2.45. The Morgan fingerprint density at radius 1 is 1.13 bits per heavy atom. The van der Waals surface area contributed by atoms with Crippen LogP contribution in [0.2, 0.25) is 10.0 Å². The zero-order valence-corrected chi connectivity index (χ0v) is 18.8. The van der Waals surface area contributed by atoms with E-state index in [4.69, 9.17) is 23.2 Å². The molecule has 1 atom stereocenters. The van der Waals surface area contributed by atoms with Crippen molar-refractivity contribution in [3.63, 3.8) is 0 Å². The topological polar surface area (TPSA) is 78.5 Å². The molecule has 1 saturated heterocycles. The summed E-state index contributed by atoms with van der Waals surface area (Å²) in [6, 6.07) is 11.5. The van der Waals surface area contributed by atoms with Crippen molar-refractivity contribution in [2.75, 3.05) is 11.9 Å². The Bertz CT molecular complexity index is 980. The fourth-order valence-corrected chi connectivity index (χ4v) is 3.99. The maximum absolute atomic E-state index is 13.0. The Balaban J connectivity index is 1.63. The van der Waals surface area contributed by atoms with Gasteiger partial charge >= 0.3 is 0 Å². The van der Waals surface area contributed by atoms with Gasteiger partial charge in [0.25, 0.3) is 5.91 Å². The van der Waals surface area contributed by atoms with Crippen molar-refractivity contribution in [2.45, 2.75) is 45.2 Å². The van der Waals surface area contributed by atoms with Crippen molar-refractivity contribution in [2.24, 2.45) is 0 Å². The molecule has 2 N–H and O–H groups in total. The Kier molecular flexibility index (Phi) is 7.93. The van der Waals surface area contributed by atoms with Gasteiger partial charge in [-0.1, -0.05) is 42.3 Å². The minimum absolute atomic E-state index is 0.0385. The van der Waals surface area contributed by atoms with E-state index in [0.29, 0.717) is 47.2 Å². The summed E-state index contributed by atoms with van der Waals surface area (Å²) in [4.78, 5) is 39.1. The number of carbonyl (C=O) groups is 3. The van der Waals surface area contributed by atoms with Crippen LogP contribution >= 0.6 is 23.2 Å². The second-order valence-electron chi connectivity index (χ2n) is 7.50. The summed E-state index contributed by atoms with van der Waals surface area (Å²) in [5.74, 6) is -0.557. The van der Waals surface area contributed by atoms with Gasteiger partial charge in [-0.25, -0.2) is 0 Å². The van der Waals surface area contributed by atoms with Gasteiger partial charge in [0.05, 0.1) is 10.6 Å². The Hall–Kier alpha value is -2.57. The molecule has 0 saturated carbocycles. The predicted octanol–water partition coefficient (Wildman–Crippen LogP) is 4.65. The average molecular weight is 462 g/mol. The first-order valence-corrected chi connectivity index (χ1v) is 11.1. The van der Waals surface area contributed by atoms with Crippen LogP contribution in [-0.2, 0) is 16.1 Å². The van der Waals surface area contributed by atoms with E-state index in [1.807, 2.05) is 31.2 Å². The second-order valence-corrected chi connectivity index (χ2v) is 8.34. The van der Waals surface area contributed by atoms with Crippen molar-refractivity contribution in [1.29, 1.82) is 0 Å². The van der Waals surface area contributed by atoms with Gasteiger partial charge < -0.3 is 15.5 Å². The van der Waals surface area contributed by atoms with Crippen LogP contribution in [-0.4, -0.2) is 35.2 Å². The first-order valence-electron chi connectivity index (χ1n) is 10.3. The number of rotatable bonds is 7. The van der Waals surface area contributed by atoms with Gasteiger partial charge in [0.2, 0.25) is 11.8 Å². The second kappa shape index (κ2) is 10.6. The van der Waals surface area contributed by atoms with E-state index >= 15 is 0 Å². The number of halogens is 2. The summed E-state index contributed by atoms with van der Waals surface area (Å²) in [7, 11) is 0. The number of benzene rings is 2. The van der Waals surface area contributed by atoms with Crippen molar-refractivity contribution in [3.8, 4) is 0 Å². The molecule has 3 rings (SSSR count).